The number of nitrogen functional groups attached to an aromatic ring is 1. The molecule has 0 amide bonds. The quantitative estimate of drug-likeness (QED) is 0.810. The molecule has 0 aromatic heterocycles. The standard InChI is InChI=1S/C13H18Cl2N2O2S/c1-8(2)13(5-6-13)7-17-20(18,19)10-4-3-9(14)12(16)11(10)15/h3-4,8,17H,5-7,16H2,1-2H3. The van der Waals surface area contributed by atoms with Crippen LogP contribution in [0.15, 0.2) is 17.0 Å². The Balaban J connectivity index is 2.22. The number of hydrogen-bond donors (Lipinski definition) is 2. The first-order valence-electron chi connectivity index (χ1n) is 6.43. The van der Waals surface area contributed by atoms with Gasteiger partial charge in [0.25, 0.3) is 0 Å². The fraction of sp³-hybridized carbons (Fsp3) is 0.538. The van der Waals surface area contributed by atoms with E-state index in [0.717, 1.165) is 12.8 Å². The molecule has 0 radical (unpaired) electrons. The molecule has 1 aromatic rings. The molecule has 20 heavy (non-hydrogen) atoms. The summed E-state index contributed by atoms with van der Waals surface area (Å²) in [7, 11) is -3.68. The molecule has 0 heterocycles. The zero-order valence-corrected chi connectivity index (χ0v) is 13.7. The van der Waals surface area contributed by atoms with E-state index in [9.17, 15) is 8.42 Å². The summed E-state index contributed by atoms with van der Waals surface area (Å²) in [6.45, 7) is 4.63. The second-order valence-corrected chi connectivity index (χ2v) is 8.14. The van der Waals surface area contributed by atoms with Crippen LogP contribution in [0.4, 0.5) is 5.69 Å². The highest BCUT2D eigenvalue weighted by molar-refractivity contribution is 7.89. The van der Waals surface area contributed by atoms with Crippen molar-refractivity contribution in [3.63, 3.8) is 0 Å². The molecule has 1 saturated carbocycles. The molecule has 1 aliphatic carbocycles. The Kier molecular flexibility index (Phi) is 4.27. The lowest BCUT2D eigenvalue weighted by Gasteiger charge is -2.20. The minimum atomic E-state index is -3.68. The van der Waals surface area contributed by atoms with Crippen molar-refractivity contribution in [3.8, 4) is 0 Å². The molecule has 0 atom stereocenters. The van der Waals surface area contributed by atoms with E-state index in [1.54, 1.807) is 0 Å². The van der Waals surface area contributed by atoms with Crippen molar-refractivity contribution >= 4 is 38.9 Å². The Morgan fingerprint density at radius 3 is 2.45 bits per heavy atom. The van der Waals surface area contributed by atoms with E-state index in [1.165, 1.54) is 12.1 Å². The number of benzene rings is 1. The molecule has 0 unspecified atom stereocenters. The van der Waals surface area contributed by atoms with Crippen LogP contribution < -0.4 is 10.5 Å². The summed E-state index contributed by atoms with van der Waals surface area (Å²) in [5.41, 5.74) is 5.83. The average Bonchev–Trinajstić information content (AvgIpc) is 3.14. The normalized spacial score (nSPS) is 17.4. The van der Waals surface area contributed by atoms with Crippen molar-refractivity contribution in [2.24, 2.45) is 11.3 Å². The number of nitrogens with two attached hydrogens (primary N) is 1. The van der Waals surface area contributed by atoms with E-state index in [-0.39, 0.29) is 26.0 Å². The smallest absolute Gasteiger partial charge is 0.242 e. The van der Waals surface area contributed by atoms with Crippen molar-refractivity contribution in [2.75, 3.05) is 12.3 Å². The topological polar surface area (TPSA) is 72.2 Å². The van der Waals surface area contributed by atoms with E-state index in [2.05, 4.69) is 18.6 Å². The van der Waals surface area contributed by atoms with E-state index in [1.807, 2.05) is 0 Å². The van der Waals surface area contributed by atoms with Crippen LogP contribution in [0.25, 0.3) is 0 Å². The molecular formula is C13H18Cl2N2O2S. The summed E-state index contributed by atoms with van der Waals surface area (Å²) in [6, 6.07) is 2.81. The molecule has 1 aromatic carbocycles. The fourth-order valence-corrected chi connectivity index (χ4v) is 4.09. The van der Waals surface area contributed by atoms with Crippen LogP contribution in [0.1, 0.15) is 26.7 Å². The fourth-order valence-electron chi connectivity index (χ4n) is 2.19. The van der Waals surface area contributed by atoms with Gasteiger partial charge < -0.3 is 5.73 Å². The molecule has 1 aliphatic rings. The Hall–Kier alpha value is -0.490. The molecule has 2 rings (SSSR count). The van der Waals surface area contributed by atoms with Gasteiger partial charge in [0.05, 0.1) is 15.7 Å². The first-order chi connectivity index (χ1) is 9.19. The van der Waals surface area contributed by atoms with Gasteiger partial charge in [0.15, 0.2) is 0 Å². The predicted octanol–water partition coefficient (Wildman–Crippen LogP) is 3.29. The first-order valence-corrected chi connectivity index (χ1v) is 8.67. The zero-order valence-electron chi connectivity index (χ0n) is 11.4. The Bertz CT molecular complexity index is 626. The number of halogens is 2. The molecule has 112 valence electrons. The largest absolute Gasteiger partial charge is 0.396 e. The van der Waals surface area contributed by atoms with Gasteiger partial charge in [0.2, 0.25) is 10.0 Å². The minimum absolute atomic E-state index is 0.0272. The lowest BCUT2D eigenvalue weighted by Crippen LogP contribution is -2.32. The van der Waals surface area contributed by atoms with E-state index >= 15 is 0 Å². The van der Waals surface area contributed by atoms with Gasteiger partial charge in [-0.1, -0.05) is 37.0 Å². The van der Waals surface area contributed by atoms with Gasteiger partial charge >= 0.3 is 0 Å². The van der Waals surface area contributed by atoms with Crippen molar-refractivity contribution < 1.29 is 8.42 Å². The number of sulfonamides is 1. The van der Waals surface area contributed by atoms with Gasteiger partial charge in [-0.3, -0.25) is 0 Å². The van der Waals surface area contributed by atoms with Crippen molar-refractivity contribution in [1.82, 2.24) is 4.72 Å². The van der Waals surface area contributed by atoms with Crippen LogP contribution in [-0.4, -0.2) is 15.0 Å². The van der Waals surface area contributed by atoms with Crippen LogP contribution in [0, 0.1) is 11.3 Å². The molecule has 0 spiro atoms. The summed E-state index contributed by atoms with van der Waals surface area (Å²) in [6.07, 6.45) is 2.09. The third-order valence-corrected chi connectivity index (χ3v) is 6.40. The zero-order chi connectivity index (χ0) is 15.1. The summed E-state index contributed by atoms with van der Waals surface area (Å²) in [5, 5.41) is 0.217. The monoisotopic (exact) mass is 336 g/mol. The third-order valence-electron chi connectivity index (χ3n) is 4.11. The Labute approximate surface area is 129 Å². The van der Waals surface area contributed by atoms with Crippen molar-refractivity contribution in [2.45, 2.75) is 31.6 Å². The highest BCUT2D eigenvalue weighted by Crippen LogP contribution is 2.51. The lowest BCUT2D eigenvalue weighted by atomic mass is 9.93. The third kappa shape index (κ3) is 2.91. The second-order valence-electron chi connectivity index (χ2n) is 5.61. The van der Waals surface area contributed by atoms with Gasteiger partial charge in [-0.05, 0) is 36.3 Å². The predicted molar refractivity (Wildman–Crippen MR) is 82.6 cm³/mol. The number of nitrogens with one attached hydrogen (secondary N) is 1. The molecule has 3 N–H and O–H groups in total. The molecule has 0 aliphatic heterocycles. The maximum absolute atomic E-state index is 12.3. The van der Waals surface area contributed by atoms with Gasteiger partial charge in [0.1, 0.15) is 4.90 Å². The maximum Gasteiger partial charge on any atom is 0.242 e. The number of hydrogen-bond acceptors (Lipinski definition) is 3. The van der Waals surface area contributed by atoms with Gasteiger partial charge in [-0.25, -0.2) is 13.1 Å². The Morgan fingerprint density at radius 1 is 1.35 bits per heavy atom. The minimum Gasteiger partial charge on any atom is -0.396 e. The van der Waals surface area contributed by atoms with E-state index in [4.69, 9.17) is 28.9 Å². The average molecular weight is 337 g/mol. The molecule has 1 fully saturated rings. The van der Waals surface area contributed by atoms with Crippen LogP contribution >= 0.6 is 23.2 Å². The molecule has 7 heteroatoms. The van der Waals surface area contributed by atoms with Crippen molar-refractivity contribution in [3.05, 3.63) is 22.2 Å². The van der Waals surface area contributed by atoms with E-state index < -0.39 is 10.0 Å². The molecule has 0 bridgehead atoms. The second kappa shape index (κ2) is 5.37. The van der Waals surface area contributed by atoms with Crippen LogP contribution in [0.5, 0.6) is 0 Å². The van der Waals surface area contributed by atoms with Gasteiger partial charge in [0, 0.05) is 6.54 Å². The van der Waals surface area contributed by atoms with Crippen LogP contribution in [0.3, 0.4) is 0 Å². The Morgan fingerprint density at radius 2 is 1.95 bits per heavy atom. The highest BCUT2D eigenvalue weighted by atomic mass is 35.5. The molecule has 0 saturated heterocycles. The lowest BCUT2D eigenvalue weighted by molar-refractivity contribution is 0.357. The molecule has 4 nitrogen and oxygen atoms in total. The first kappa shape index (κ1) is 15.9. The SMILES string of the molecule is CC(C)C1(CNS(=O)(=O)c2ccc(Cl)c(N)c2Cl)CC1. The highest BCUT2D eigenvalue weighted by Gasteiger charge is 2.45. The van der Waals surface area contributed by atoms with Gasteiger partial charge in [-0.15, -0.1) is 0 Å². The number of rotatable bonds is 5. The summed E-state index contributed by atoms with van der Waals surface area (Å²) < 4.78 is 27.3. The summed E-state index contributed by atoms with van der Waals surface area (Å²) in [5.74, 6) is 0.441. The summed E-state index contributed by atoms with van der Waals surface area (Å²) >= 11 is 11.8. The maximum atomic E-state index is 12.3. The van der Waals surface area contributed by atoms with Crippen LogP contribution in [0.2, 0.25) is 10.0 Å². The summed E-state index contributed by atoms with van der Waals surface area (Å²) in [4.78, 5) is -0.0272. The van der Waals surface area contributed by atoms with Crippen LogP contribution in [-0.2, 0) is 10.0 Å². The van der Waals surface area contributed by atoms with Crippen molar-refractivity contribution in [1.29, 1.82) is 0 Å². The number of anilines is 1. The van der Waals surface area contributed by atoms with E-state index in [0.29, 0.717) is 12.5 Å². The van der Waals surface area contributed by atoms with Gasteiger partial charge in [-0.2, -0.15) is 0 Å². The molecular weight excluding hydrogens is 319 g/mol.